The fourth-order valence-electron chi connectivity index (χ4n) is 2.18. The third kappa shape index (κ3) is 2.35. The van der Waals surface area contributed by atoms with Gasteiger partial charge in [-0.15, -0.1) is 0 Å². The van der Waals surface area contributed by atoms with E-state index in [9.17, 15) is 13.5 Å². The van der Waals surface area contributed by atoms with Gasteiger partial charge in [0.25, 0.3) is 0 Å². The summed E-state index contributed by atoms with van der Waals surface area (Å²) in [6, 6.07) is 3.28. The van der Waals surface area contributed by atoms with Crippen molar-refractivity contribution in [2.75, 3.05) is 18.8 Å². The summed E-state index contributed by atoms with van der Waals surface area (Å²) < 4.78 is 26.1. The maximum Gasteiger partial charge on any atom is 0.245 e. The minimum atomic E-state index is -3.60. The molecular weight excluding hydrogens is 264 g/mol. The molecule has 1 heterocycles. The number of hydrogen-bond acceptors (Lipinski definition) is 4. The van der Waals surface area contributed by atoms with Crippen LogP contribution in [0.15, 0.2) is 17.0 Å². The molecule has 0 spiro atoms. The van der Waals surface area contributed by atoms with Crippen molar-refractivity contribution in [1.29, 1.82) is 0 Å². The SMILES string of the molecule is CCC1(O)CN(S(=O)(=O)c2cc(C)c(C)cc2N)C1. The lowest BCUT2D eigenvalue weighted by Gasteiger charge is -2.45. The molecular formula is C13H20N2O3S. The molecule has 1 aromatic carbocycles. The van der Waals surface area contributed by atoms with Gasteiger partial charge in [0.1, 0.15) is 4.90 Å². The van der Waals surface area contributed by atoms with E-state index in [1.807, 2.05) is 20.8 Å². The maximum absolute atomic E-state index is 12.4. The highest BCUT2D eigenvalue weighted by Gasteiger charge is 2.46. The van der Waals surface area contributed by atoms with Gasteiger partial charge in [-0.1, -0.05) is 6.92 Å². The zero-order chi connectivity index (χ0) is 14.4. The maximum atomic E-state index is 12.4. The standard InChI is InChI=1S/C13H20N2O3S/c1-4-13(16)7-15(8-13)19(17,18)12-6-10(3)9(2)5-11(12)14/h5-6,16H,4,7-8,14H2,1-3H3. The summed E-state index contributed by atoms with van der Waals surface area (Å²) in [5, 5.41) is 9.93. The van der Waals surface area contributed by atoms with Crippen LogP contribution in [0.5, 0.6) is 0 Å². The van der Waals surface area contributed by atoms with Crippen molar-refractivity contribution in [2.45, 2.75) is 37.7 Å². The van der Waals surface area contributed by atoms with Crippen LogP contribution in [0.2, 0.25) is 0 Å². The Labute approximate surface area is 114 Å². The van der Waals surface area contributed by atoms with E-state index in [4.69, 9.17) is 5.73 Å². The average molecular weight is 284 g/mol. The summed E-state index contributed by atoms with van der Waals surface area (Å²) in [6.45, 7) is 5.86. The van der Waals surface area contributed by atoms with E-state index in [1.165, 1.54) is 4.31 Å². The summed E-state index contributed by atoms with van der Waals surface area (Å²) in [7, 11) is -3.60. The Balaban J connectivity index is 2.35. The Kier molecular flexibility index (Phi) is 3.36. The molecule has 1 aliphatic heterocycles. The number of aryl methyl sites for hydroxylation is 2. The largest absolute Gasteiger partial charge is 0.398 e. The van der Waals surface area contributed by atoms with E-state index in [0.717, 1.165) is 11.1 Å². The quantitative estimate of drug-likeness (QED) is 0.812. The fraction of sp³-hybridized carbons (Fsp3) is 0.538. The van der Waals surface area contributed by atoms with Gasteiger partial charge in [0.05, 0.1) is 11.3 Å². The summed E-state index contributed by atoms with van der Waals surface area (Å²) in [5.74, 6) is 0. The van der Waals surface area contributed by atoms with Crippen molar-refractivity contribution in [1.82, 2.24) is 4.31 Å². The lowest BCUT2D eigenvalue weighted by Crippen LogP contribution is -2.62. The molecule has 0 bridgehead atoms. The first-order valence-corrected chi connectivity index (χ1v) is 7.73. The van der Waals surface area contributed by atoms with Crippen LogP contribution in [-0.4, -0.2) is 36.5 Å². The highest BCUT2D eigenvalue weighted by atomic mass is 32.2. The summed E-state index contributed by atoms with van der Waals surface area (Å²) in [6.07, 6.45) is 0.543. The first-order chi connectivity index (χ1) is 8.69. The van der Waals surface area contributed by atoms with Crippen molar-refractivity contribution >= 4 is 15.7 Å². The average Bonchev–Trinajstić information content (AvgIpc) is 2.29. The highest BCUT2D eigenvalue weighted by molar-refractivity contribution is 7.89. The van der Waals surface area contributed by atoms with Crippen LogP contribution >= 0.6 is 0 Å². The Morgan fingerprint density at radius 1 is 1.32 bits per heavy atom. The molecule has 3 N–H and O–H groups in total. The predicted molar refractivity (Wildman–Crippen MR) is 74.3 cm³/mol. The van der Waals surface area contributed by atoms with Gasteiger partial charge in [0.2, 0.25) is 10.0 Å². The number of sulfonamides is 1. The number of aliphatic hydroxyl groups is 1. The Hall–Kier alpha value is -1.11. The molecule has 0 atom stereocenters. The van der Waals surface area contributed by atoms with Crippen LogP contribution < -0.4 is 5.73 Å². The van der Waals surface area contributed by atoms with Gasteiger partial charge < -0.3 is 10.8 Å². The van der Waals surface area contributed by atoms with Crippen molar-refractivity contribution < 1.29 is 13.5 Å². The first-order valence-electron chi connectivity index (χ1n) is 6.29. The monoisotopic (exact) mass is 284 g/mol. The number of β-amino-alcohol motifs (C(OH)–C–C–N with tert-alkyl or cyclic N) is 1. The van der Waals surface area contributed by atoms with Crippen molar-refractivity contribution in [3.8, 4) is 0 Å². The molecule has 0 aliphatic carbocycles. The lowest BCUT2D eigenvalue weighted by atomic mass is 9.94. The molecule has 2 rings (SSSR count). The zero-order valence-electron chi connectivity index (χ0n) is 11.5. The van der Waals surface area contributed by atoms with E-state index in [1.54, 1.807) is 12.1 Å². The van der Waals surface area contributed by atoms with E-state index in [-0.39, 0.29) is 23.7 Å². The van der Waals surface area contributed by atoms with E-state index < -0.39 is 15.6 Å². The number of hydrogen-bond donors (Lipinski definition) is 2. The first kappa shape index (κ1) is 14.3. The van der Waals surface area contributed by atoms with Crippen molar-refractivity contribution in [3.05, 3.63) is 23.3 Å². The summed E-state index contributed by atoms with van der Waals surface area (Å²) >= 11 is 0. The third-order valence-electron chi connectivity index (χ3n) is 3.84. The van der Waals surface area contributed by atoms with Crippen LogP contribution in [0.25, 0.3) is 0 Å². The third-order valence-corrected chi connectivity index (χ3v) is 5.69. The molecule has 0 radical (unpaired) electrons. The number of nitrogens with two attached hydrogens (primary N) is 1. The van der Waals surface area contributed by atoms with Crippen LogP contribution in [0.1, 0.15) is 24.5 Å². The normalized spacial score (nSPS) is 19.2. The van der Waals surface area contributed by atoms with Crippen LogP contribution in [0, 0.1) is 13.8 Å². The van der Waals surface area contributed by atoms with Crippen LogP contribution in [-0.2, 0) is 10.0 Å². The number of benzene rings is 1. The molecule has 0 amide bonds. The number of rotatable bonds is 3. The van der Waals surface area contributed by atoms with E-state index in [0.29, 0.717) is 6.42 Å². The topological polar surface area (TPSA) is 83.6 Å². The van der Waals surface area contributed by atoms with Crippen LogP contribution in [0.3, 0.4) is 0 Å². The zero-order valence-corrected chi connectivity index (χ0v) is 12.3. The van der Waals surface area contributed by atoms with Gasteiger partial charge in [-0.2, -0.15) is 4.31 Å². The second-order valence-corrected chi connectivity index (χ2v) is 7.23. The van der Waals surface area contributed by atoms with Gasteiger partial charge in [0.15, 0.2) is 0 Å². The second-order valence-electron chi connectivity index (χ2n) is 5.33. The van der Waals surface area contributed by atoms with Crippen molar-refractivity contribution in [2.24, 2.45) is 0 Å². The molecule has 1 saturated heterocycles. The molecule has 1 aliphatic rings. The lowest BCUT2D eigenvalue weighted by molar-refractivity contribution is -0.0613. The minimum absolute atomic E-state index is 0.133. The number of nitrogens with zero attached hydrogens (tertiary/aromatic N) is 1. The molecule has 1 fully saturated rings. The highest BCUT2D eigenvalue weighted by Crippen LogP contribution is 2.33. The van der Waals surface area contributed by atoms with Gasteiger partial charge in [0, 0.05) is 13.1 Å². The molecule has 0 unspecified atom stereocenters. The van der Waals surface area contributed by atoms with Gasteiger partial charge in [-0.3, -0.25) is 0 Å². The molecule has 5 nitrogen and oxygen atoms in total. The molecule has 1 aromatic rings. The number of nitrogen functional groups attached to an aromatic ring is 1. The van der Waals surface area contributed by atoms with Crippen molar-refractivity contribution in [3.63, 3.8) is 0 Å². The predicted octanol–water partition coefficient (Wildman–Crippen LogP) is 1.03. The molecule has 106 valence electrons. The van der Waals surface area contributed by atoms with Gasteiger partial charge in [-0.25, -0.2) is 8.42 Å². The molecule has 0 aromatic heterocycles. The Morgan fingerprint density at radius 3 is 2.37 bits per heavy atom. The smallest absolute Gasteiger partial charge is 0.245 e. The van der Waals surface area contributed by atoms with Gasteiger partial charge >= 0.3 is 0 Å². The van der Waals surface area contributed by atoms with Gasteiger partial charge in [-0.05, 0) is 43.5 Å². The minimum Gasteiger partial charge on any atom is -0.398 e. The molecule has 19 heavy (non-hydrogen) atoms. The second kappa shape index (κ2) is 4.47. The summed E-state index contributed by atoms with van der Waals surface area (Å²) in [5.41, 5.74) is 7.05. The fourth-order valence-corrected chi connectivity index (χ4v) is 3.96. The summed E-state index contributed by atoms with van der Waals surface area (Å²) in [4.78, 5) is 0.133. The molecule has 0 saturated carbocycles. The Bertz CT molecular complexity index is 605. The van der Waals surface area contributed by atoms with E-state index >= 15 is 0 Å². The Morgan fingerprint density at radius 2 is 1.84 bits per heavy atom. The van der Waals surface area contributed by atoms with E-state index in [2.05, 4.69) is 0 Å². The van der Waals surface area contributed by atoms with Crippen LogP contribution in [0.4, 0.5) is 5.69 Å². The molecule has 6 heteroatoms. The number of anilines is 1.